The smallest absolute Gasteiger partial charge is 0.276 e. The summed E-state index contributed by atoms with van der Waals surface area (Å²) >= 11 is 1.54. The minimum absolute atomic E-state index is 0.223. The Labute approximate surface area is 142 Å². The Balaban J connectivity index is 1.68. The largest absolute Gasteiger partial charge is 0.334 e. The van der Waals surface area contributed by atoms with Crippen molar-refractivity contribution in [3.8, 4) is 0 Å². The second-order valence-corrected chi connectivity index (χ2v) is 6.47. The van der Waals surface area contributed by atoms with Gasteiger partial charge >= 0.3 is 0 Å². The standard InChI is InChI=1S/C16H16FN5OS/c1-11-18-13(10-24-11)8-21(2)16(23)15-9-22(20-19-15)7-12-5-3-4-6-14(12)17/h3-6,9-10H,7-8H2,1-2H3. The summed E-state index contributed by atoms with van der Waals surface area (Å²) in [7, 11) is 1.69. The molecule has 2 aromatic heterocycles. The van der Waals surface area contributed by atoms with Crippen LogP contribution in [0.15, 0.2) is 35.8 Å². The number of rotatable bonds is 5. The molecule has 2 heterocycles. The van der Waals surface area contributed by atoms with Crippen LogP contribution in [0, 0.1) is 12.7 Å². The van der Waals surface area contributed by atoms with Crippen molar-refractivity contribution in [2.24, 2.45) is 0 Å². The first kappa shape index (κ1) is 16.3. The third-order valence-electron chi connectivity index (χ3n) is 3.46. The van der Waals surface area contributed by atoms with Gasteiger partial charge in [0.1, 0.15) is 5.82 Å². The monoisotopic (exact) mass is 345 g/mol. The number of carbonyl (C=O) groups excluding carboxylic acids is 1. The summed E-state index contributed by atoms with van der Waals surface area (Å²) in [5.41, 5.74) is 1.56. The van der Waals surface area contributed by atoms with E-state index in [9.17, 15) is 9.18 Å². The average molecular weight is 345 g/mol. The molecule has 1 aromatic carbocycles. The van der Waals surface area contributed by atoms with Crippen molar-refractivity contribution in [1.82, 2.24) is 24.9 Å². The van der Waals surface area contributed by atoms with Crippen LogP contribution in [0.4, 0.5) is 4.39 Å². The van der Waals surface area contributed by atoms with E-state index in [1.807, 2.05) is 12.3 Å². The molecule has 0 aliphatic rings. The highest BCUT2D eigenvalue weighted by Crippen LogP contribution is 2.12. The van der Waals surface area contributed by atoms with Crippen molar-refractivity contribution >= 4 is 17.2 Å². The molecule has 3 aromatic rings. The van der Waals surface area contributed by atoms with E-state index >= 15 is 0 Å². The Morgan fingerprint density at radius 3 is 2.88 bits per heavy atom. The van der Waals surface area contributed by atoms with Crippen LogP contribution in [0.5, 0.6) is 0 Å². The van der Waals surface area contributed by atoms with Gasteiger partial charge in [-0.25, -0.2) is 14.1 Å². The zero-order valence-electron chi connectivity index (χ0n) is 13.3. The molecule has 0 fully saturated rings. The fraction of sp³-hybridized carbons (Fsp3) is 0.250. The van der Waals surface area contributed by atoms with Crippen LogP contribution in [0.2, 0.25) is 0 Å². The molecule has 6 nitrogen and oxygen atoms in total. The number of carbonyl (C=O) groups is 1. The maximum atomic E-state index is 13.7. The lowest BCUT2D eigenvalue weighted by Gasteiger charge is -2.13. The highest BCUT2D eigenvalue weighted by molar-refractivity contribution is 7.09. The average Bonchev–Trinajstić information content (AvgIpc) is 3.18. The predicted molar refractivity (Wildman–Crippen MR) is 88.2 cm³/mol. The fourth-order valence-corrected chi connectivity index (χ4v) is 2.87. The third-order valence-corrected chi connectivity index (χ3v) is 4.28. The number of amides is 1. The van der Waals surface area contributed by atoms with Gasteiger partial charge in [-0.2, -0.15) is 0 Å². The number of benzene rings is 1. The van der Waals surface area contributed by atoms with Gasteiger partial charge in [-0.15, -0.1) is 16.4 Å². The van der Waals surface area contributed by atoms with Gasteiger partial charge in [-0.3, -0.25) is 4.79 Å². The first-order valence-electron chi connectivity index (χ1n) is 7.33. The molecule has 0 aliphatic carbocycles. The zero-order chi connectivity index (χ0) is 17.1. The van der Waals surface area contributed by atoms with Crippen molar-refractivity contribution < 1.29 is 9.18 Å². The lowest BCUT2D eigenvalue weighted by molar-refractivity contribution is 0.0777. The topological polar surface area (TPSA) is 63.9 Å². The molecule has 0 aliphatic heterocycles. The summed E-state index contributed by atoms with van der Waals surface area (Å²) in [6.45, 7) is 2.55. The van der Waals surface area contributed by atoms with E-state index in [0.717, 1.165) is 10.7 Å². The highest BCUT2D eigenvalue weighted by Gasteiger charge is 2.17. The van der Waals surface area contributed by atoms with Gasteiger partial charge in [-0.1, -0.05) is 23.4 Å². The molecule has 0 spiro atoms. The Morgan fingerprint density at radius 2 is 2.17 bits per heavy atom. The van der Waals surface area contributed by atoms with E-state index in [1.54, 1.807) is 36.6 Å². The van der Waals surface area contributed by atoms with Gasteiger partial charge in [0.2, 0.25) is 0 Å². The summed E-state index contributed by atoms with van der Waals surface area (Å²) in [5, 5.41) is 10.7. The molecule has 3 rings (SSSR count). The molecule has 0 saturated heterocycles. The van der Waals surface area contributed by atoms with Crippen LogP contribution in [0.1, 0.15) is 26.8 Å². The molecule has 8 heteroatoms. The predicted octanol–water partition coefficient (Wildman–Crippen LogP) is 2.50. The number of hydrogen-bond donors (Lipinski definition) is 0. The molecule has 0 atom stereocenters. The molecule has 1 amide bonds. The van der Waals surface area contributed by atoms with E-state index in [1.165, 1.54) is 21.8 Å². The van der Waals surface area contributed by atoms with Crippen molar-refractivity contribution in [3.63, 3.8) is 0 Å². The molecule has 124 valence electrons. The fourth-order valence-electron chi connectivity index (χ4n) is 2.27. The van der Waals surface area contributed by atoms with E-state index in [-0.39, 0.29) is 24.0 Å². The van der Waals surface area contributed by atoms with Crippen LogP contribution in [-0.4, -0.2) is 37.8 Å². The number of aromatic nitrogens is 4. The summed E-state index contributed by atoms with van der Waals surface area (Å²) in [6.07, 6.45) is 1.53. The number of thiazole rings is 1. The van der Waals surface area contributed by atoms with E-state index in [4.69, 9.17) is 0 Å². The van der Waals surface area contributed by atoms with Crippen molar-refractivity contribution in [3.05, 3.63) is 63.6 Å². The van der Waals surface area contributed by atoms with Gasteiger partial charge in [0.05, 0.1) is 30.0 Å². The SMILES string of the molecule is Cc1nc(CN(C)C(=O)c2cn(Cc3ccccc3F)nn2)cs1. The number of halogens is 1. The minimum atomic E-state index is -0.308. The second-order valence-electron chi connectivity index (χ2n) is 5.41. The quantitative estimate of drug-likeness (QED) is 0.713. The van der Waals surface area contributed by atoms with Gasteiger partial charge in [-0.05, 0) is 13.0 Å². The second kappa shape index (κ2) is 6.88. The summed E-state index contributed by atoms with van der Waals surface area (Å²) < 4.78 is 15.1. The lowest BCUT2D eigenvalue weighted by atomic mass is 10.2. The van der Waals surface area contributed by atoms with Crippen LogP contribution in [-0.2, 0) is 13.1 Å². The molecule has 0 bridgehead atoms. The molecular weight excluding hydrogens is 329 g/mol. The molecule has 0 unspecified atom stereocenters. The molecule has 0 N–H and O–H groups in total. The van der Waals surface area contributed by atoms with Crippen LogP contribution >= 0.6 is 11.3 Å². The number of aryl methyl sites for hydroxylation is 1. The zero-order valence-corrected chi connectivity index (χ0v) is 14.1. The summed E-state index contributed by atoms with van der Waals surface area (Å²) in [6, 6.07) is 6.45. The maximum absolute atomic E-state index is 13.7. The maximum Gasteiger partial charge on any atom is 0.276 e. The van der Waals surface area contributed by atoms with Gasteiger partial charge in [0.25, 0.3) is 5.91 Å². The van der Waals surface area contributed by atoms with Gasteiger partial charge in [0.15, 0.2) is 5.69 Å². The molecule has 0 radical (unpaired) electrons. The molecular formula is C16H16FN5OS. The minimum Gasteiger partial charge on any atom is -0.334 e. The van der Waals surface area contributed by atoms with Gasteiger partial charge in [0, 0.05) is 18.0 Å². The van der Waals surface area contributed by atoms with Crippen LogP contribution in [0.25, 0.3) is 0 Å². The third kappa shape index (κ3) is 3.65. The van der Waals surface area contributed by atoms with Crippen LogP contribution < -0.4 is 0 Å². The van der Waals surface area contributed by atoms with E-state index in [2.05, 4.69) is 15.3 Å². The molecule has 0 saturated carbocycles. The van der Waals surface area contributed by atoms with E-state index in [0.29, 0.717) is 12.1 Å². The number of nitrogens with zero attached hydrogens (tertiary/aromatic N) is 5. The lowest BCUT2D eigenvalue weighted by Crippen LogP contribution is -2.26. The van der Waals surface area contributed by atoms with Crippen molar-refractivity contribution in [1.29, 1.82) is 0 Å². The Morgan fingerprint density at radius 1 is 1.38 bits per heavy atom. The normalized spacial score (nSPS) is 10.8. The Hall–Kier alpha value is -2.61. The van der Waals surface area contributed by atoms with Gasteiger partial charge < -0.3 is 4.90 Å². The summed E-state index contributed by atoms with van der Waals surface area (Å²) in [5.74, 6) is -0.558. The van der Waals surface area contributed by atoms with E-state index < -0.39 is 0 Å². The molecule has 24 heavy (non-hydrogen) atoms. The summed E-state index contributed by atoms with van der Waals surface area (Å²) in [4.78, 5) is 18.3. The Kier molecular flexibility index (Phi) is 4.66. The van der Waals surface area contributed by atoms with Crippen molar-refractivity contribution in [2.75, 3.05) is 7.05 Å². The number of hydrogen-bond acceptors (Lipinski definition) is 5. The highest BCUT2D eigenvalue weighted by atomic mass is 32.1. The first-order valence-corrected chi connectivity index (χ1v) is 8.21. The first-order chi connectivity index (χ1) is 11.5. The van der Waals surface area contributed by atoms with Crippen LogP contribution in [0.3, 0.4) is 0 Å². The Bertz CT molecular complexity index is 860. The van der Waals surface area contributed by atoms with Crippen molar-refractivity contribution in [2.45, 2.75) is 20.0 Å².